The summed E-state index contributed by atoms with van der Waals surface area (Å²) < 4.78 is 11.7. The minimum atomic E-state index is -0.229. The number of fused-ring (bicyclic) bond motifs is 2. The van der Waals surface area contributed by atoms with Crippen LogP contribution in [-0.2, 0) is 32.9 Å². The lowest BCUT2D eigenvalue weighted by atomic mass is 9.83. The maximum atomic E-state index is 13.4. The van der Waals surface area contributed by atoms with Gasteiger partial charge in [0, 0.05) is 44.9 Å². The molecule has 1 unspecified atom stereocenters. The summed E-state index contributed by atoms with van der Waals surface area (Å²) in [4.78, 5) is 17.6. The Morgan fingerprint density at radius 3 is 2.76 bits per heavy atom. The van der Waals surface area contributed by atoms with Gasteiger partial charge in [0.1, 0.15) is 5.75 Å². The fraction of sp³-hybridized carbons (Fsp3) is 0.500. The lowest BCUT2D eigenvalue weighted by molar-refractivity contribution is -0.148. The molecule has 176 valence electrons. The van der Waals surface area contributed by atoms with Crippen LogP contribution in [0.25, 0.3) is 0 Å². The van der Waals surface area contributed by atoms with Gasteiger partial charge in [0.05, 0.1) is 24.2 Å². The van der Waals surface area contributed by atoms with E-state index in [4.69, 9.17) is 21.1 Å². The van der Waals surface area contributed by atoms with E-state index in [1.807, 2.05) is 4.90 Å². The molecule has 0 aliphatic carbocycles. The van der Waals surface area contributed by atoms with E-state index in [-0.39, 0.29) is 29.3 Å². The van der Waals surface area contributed by atoms with Crippen LogP contribution in [0.5, 0.6) is 5.75 Å². The molecule has 0 saturated carbocycles. The standard InChI is InChI=1S/C26H31ClN2O4/c1-32-22-15-29(16-22)25(31)20(12-19-13-21(30)6-7-24(19)27)14-28-10-8-26(9-11-28)23-5-3-2-4-18(23)17-33-26/h2-7,13,20,22,30H,8-12,14-17H2,1H3. The number of halogens is 1. The van der Waals surface area contributed by atoms with Crippen LogP contribution in [0.1, 0.15) is 29.5 Å². The molecular weight excluding hydrogens is 440 g/mol. The van der Waals surface area contributed by atoms with Crippen molar-refractivity contribution < 1.29 is 19.4 Å². The lowest BCUT2D eigenvalue weighted by Gasteiger charge is -2.43. The molecule has 5 rings (SSSR count). The SMILES string of the molecule is COC1CN(C(=O)C(Cc2cc(O)ccc2Cl)CN2CCC3(CC2)OCc2ccccc23)C1. The number of aromatic hydroxyl groups is 1. The minimum Gasteiger partial charge on any atom is -0.508 e. The first-order valence-electron chi connectivity index (χ1n) is 11.7. The van der Waals surface area contributed by atoms with E-state index < -0.39 is 0 Å². The maximum Gasteiger partial charge on any atom is 0.227 e. The van der Waals surface area contributed by atoms with Gasteiger partial charge >= 0.3 is 0 Å². The van der Waals surface area contributed by atoms with Crippen LogP contribution in [0.2, 0.25) is 5.02 Å². The number of benzene rings is 2. The van der Waals surface area contributed by atoms with Gasteiger partial charge in [-0.25, -0.2) is 0 Å². The third-order valence-corrected chi connectivity index (χ3v) is 7.86. The summed E-state index contributed by atoms with van der Waals surface area (Å²) in [7, 11) is 1.68. The Hall–Kier alpha value is -2.12. The molecule has 1 N–H and O–H groups in total. The molecule has 0 aromatic heterocycles. The molecule has 33 heavy (non-hydrogen) atoms. The molecule has 1 spiro atoms. The Kier molecular flexibility index (Phi) is 6.36. The summed E-state index contributed by atoms with van der Waals surface area (Å²) in [6.07, 6.45) is 2.47. The highest BCUT2D eigenvalue weighted by atomic mass is 35.5. The van der Waals surface area contributed by atoms with E-state index in [1.165, 1.54) is 11.1 Å². The van der Waals surface area contributed by atoms with Gasteiger partial charge in [0.25, 0.3) is 0 Å². The van der Waals surface area contributed by atoms with Crippen molar-refractivity contribution in [2.45, 2.75) is 37.6 Å². The number of carbonyl (C=O) groups excluding carboxylic acids is 1. The number of amides is 1. The van der Waals surface area contributed by atoms with Crippen molar-refractivity contribution in [3.05, 3.63) is 64.2 Å². The van der Waals surface area contributed by atoms with Crippen molar-refractivity contribution in [3.63, 3.8) is 0 Å². The number of hydrogen-bond acceptors (Lipinski definition) is 5. The molecule has 1 atom stereocenters. The zero-order chi connectivity index (χ0) is 23.0. The van der Waals surface area contributed by atoms with E-state index in [2.05, 4.69) is 29.2 Å². The van der Waals surface area contributed by atoms with Crippen LogP contribution in [0, 0.1) is 5.92 Å². The lowest BCUT2D eigenvalue weighted by Crippen LogP contribution is -2.57. The van der Waals surface area contributed by atoms with Gasteiger partial charge in [-0.15, -0.1) is 0 Å². The highest BCUT2D eigenvalue weighted by molar-refractivity contribution is 6.31. The number of phenolic OH excluding ortho intramolecular Hbond substituents is 1. The summed E-state index contributed by atoms with van der Waals surface area (Å²) in [5, 5.41) is 10.5. The monoisotopic (exact) mass is 470 g/mol. The van der Waals surface area contributed by atoms with Crippen LogP contribution < -0.4 is 0 Å². The number of phenols is 1. The predicted molar refractivity (Wildman–Crippen MR) is 126 cm³/mol. The normalized spacial score (nSPS) is 21.1. The third kappa shape index (κ3) is 4.50. The van der Waals surface area contributed by atoms with Crippen LogP contribution >= 0.6 is 11.6 Å². The van der Waals surface area contributed by atoms with Gasteiger partial charge in [0.2, 0.25) is 5.91 Å². The molecule has 2 aromatic rings. The average Bonchev–Trinajstić information content (AvgIpc) is 3.15. The number of ether oxygens (including phenoxy) is 2. The first-order chi connectivity index (χ1) is 16.0. The Morgan fingerprint density at radius 2 is 2.00 bits per heavy atom. The van der Waals surface area contributed by atoms with Crippen LogP contribution in [0.15, 0.2) is 42.5 Å². The van der Waals surface area contributed by atoms with Crippen molar-refractivity contribution in [2.75, 3.05) is 39.8 Å². The van der Waals surface area contributed by atoms with E-state index in [0.717, 1.165) is 31.5 Å². The molecule has 0 radical (unpaired) electrons. The maximum absolute atomic E-state index is 13.4. The van der Waals surface area contributed by atoms with Gasteiger partial charge in [-0.2, -0.15) is 0 Å². The zero-order valence-corrected chi connectivity index (χ0v) is 19.8. The molecule has 1 amide bonds. The number of nitrogens with zero attached hydrogens (tertiary/aromatic N) is 2. The fourth-order valence-electron chi connectivity index (χ4n) is 5.44. The Balaban J connectivity index is 1.28. The smallest absolute Gasteiger partial charge is 0.227 e. The highest BCUT2D eigenvalue weighted by Crippen LogP contribution is 2.44. The molecular formula is C26H31ClN2O4. The number of methoxy groups -OCH3 is 1. The molecule has 2 fully saturated rings. The van der Waals surface area contributed by atoms with Gasteiger partial charge < -0.3 is 24.4 Å². The Bertz CT molecular complexity index is 1020. The minimum absolute atomic E-state index is 0.119. The predicted octanol–water partition coefficient (Wildman–Crippen LogP) is 3.58. The number of carbonyl (C=O) groups is 1. The van der Waals surface area contributed by atoms with Crippen molar-refractivity contribution in [1.82, 2.24) is 9.80 Å². The molecule has 7 heteroatoms. The quantitative estimate of drug-likeness (QED) is 0.699. The fourth-order valence-corrected chi connectivity index (χ4v) is 5.64. The largest absolute Gasteiger partial charge is 0.508 e. The molecule has 3 aliphatic heterocycles. The molecule has 3 aliphatic rings. The van der Waals surface area contributed by atoms with Crippen molar-refractivity contribution in [1.29, 1.82) is 0 Å². The number of hydrogen-bond donors (Lipinski definition) is 1. The van der Waals surface area contributed by atoms with E-state index in [0.29, 0.717) is 37.7 Å². The van der Waals surface area contributed by atoms with Crippen molar-refractivity contribution in [2.24, 2.45) is 5.92 Å². The molecule has 2 saturated heterocycles. The first kappa shape index (κ1) is 22.7. The van der Waals surface area contributed by atoms with Crippen LogP contribution in [0.4, 0.5) is 0 Å². The third-order valence-electron chi connectivity index (χ3n) is 7.49. The van der Waals surface area contributed by atoms with Crippen molar-refractivity contribution >= 4 is 17.5 Å². The second-order valence-electron chi connectivity index (χ2n) is 9.52. The summed E-state index contributed by atoms with van der Waals surface area (Å²) in [5.41, 5.74) is 3.24. The summed E-state index contributed by atoms with van der Waals surface area (Å²) in [5.74, 6) is 0.0688. The van der Waals surface area contributed by atoms with Crippen LogP contribution in [-0.4, -0.2) is 66.8 Å². The second-order valence-corrected chi connectivity index (χ2v) is 9.93. The van der Waals surface area contributed by atoms with E-state index in [1.54, 1.807) is 25.3 Å². The average molecular weight is 471 g/mol. The highest BCUT2D eigenvalue weighted by Gasteiger charge is 2.43. The summed E-state index contributed by atoms with van der Waals surface area (Å²) in [6.45, 7) is 4.37. The van der Waals surface area contributed by atoms with E-state index >= 15 is 0 Å². The Labute approximate surface area is 200 Å². The van der Waals surface area contributed by atoms with E-state index in [9.17, 15) is 9.90 Å². The first-order valence-corrected chi connectivity index (χ1v) is 12.1. The Morgan fingerprint density at radius 1 is 1.24 bits per heavy atom. The summed E-state index contributed by atoms with van der Waals surface area (Å²) >= 11 is 6.40. The van der Waals surface area contributed by atoms with Crippen molar-refractivity contribution in [3.8, 4) is 5.75 Å². The number of rotatable bonds is 6. The number of likely N-dealkylation sites (tertiary alicyclic amines) is 2. The summed E-state index contributed by atoms with van der Waals surface area (Å²) in [6, 6.07) is 13.5. The van der Waals surface area contributed by atoms with Gasteiger partial charge in [-0.1, -0.05) is 35.9 Å². The second kappa shape index (κ2) is 9.26. The van der Waals surface area contributed by atoms with Gasteiger partial charge in [0.15, 0.2) is 0 Å². The van der Waals surface area contributed by atoms with Crippen LogP contribution in [0.3, 0.4) is 0 Å². The molecule has 0 bridgehead atoms. The topological polar surface area (TPSA) is 62.2 Å². The molecule has 2 aromatic carbocycles. The molecule has 6 nitrogen and oxygen atoms in total. The molecule has 3 heterocycles. The number of piperidine rings is 1. The zero-order valence-electron chi connectivity index (χ0n) is 19.0. The van der Waals surface area contributed by atoms with Gasteiger partial charge in [-0.3, -0.25) is 4.79 Å². The van der Waals surface area contributed by atoms with Gasteiger partial charge in [-0.05, 0) is 54.2 Å².